The highest BCUT2D eigenvalue weighted by Crippen LogP contribution is 2.25. The van der Waals surface area contributed by atoms with Crippen molar-refractivity contribution < 1.29 is 4.74 Å². The van der Waals surface area contributed by atoms with Gasteiger partial charge in [-0.25, -0.2) is 0 Å². The number of nitrogens with one attached hydrogen (secondary N) is 2. The average Bonchev–Trinajstić information content (AvgIpc) is 3.18. The molecule has 1 saturated carbocycles. The quantitative estimate of drug-likeness (QED) is 0.724. The van der Waals surface area contributed by atoms with E-state index in [1.807, 2.05) is 6.07 Å². The minimum Gasteiger partial charge on any atom is -0.496 e. The van der Waals surface area contributed by atoms with Crippen LogP contribution in [0.4, 0.5) is 0 Å². The van der Waals surface area contributed by atoms with Crippen LogP contribution in [0.1, 0.15) is 24.8 Å². The maximum Gasteiger partial charge on any atom is 0.133 e. The number of benzene rings is 1. The molecule has 1 aliphatic carbocycles. The van der Waals surface area contributed by atoms with Crippen molar-refractivity contribution in [2.75, 3.05) is 20.2 Å². The molecule has 0 heterocycles. The lowest BCUT2D eigenvalue weighted by atomic mass is 10.2. The zero-order valence-corrected chi connectivity index (χ0v) is 12.4. The van der Waals surface area contributed by atoms with E-state index in [1.54, 1.807) is 7.11 Å². The number of hydrogen-bond acceptors (Lipinski definition) is 3. The Kier molecular flexibility index (Phi) is 5.47. The van der Waals surface area contributed by atoms with Gasteiger partial charge in [0.2, 0.25) is 0 Å². The molecule has 0 spiro atoms. The molecule has 18 heavy (non-hydrogen) atoms. The van der Waals surface area contributed by atoms with Crippen LogP contribution in [-0.4, -0.2) is 26.2 Å². The van der Waals surface area contributed by atoms with Crippen molar-refractivity contribution in [3.63, 3.8) is 0 Å². The molecule has 1 aliphatic rings. The standard InChI is InChI=1S/C14H21BrN2O/c1-18-14-6-3-11(9-13(14)15)10-16-7-2-8-17-12-4-5-12/h3,6,9,12,16-17H,2,4-5,7-8,10H2,1H3. The summed E-state index contributed by atoms with van der Waals surface area (Å²) in [5.41, 5.74) is 1.28. The first kappa shape index (κ1) is 13.8. The van der Waals surface area contributed by atoms with E-state index >= 15 is 0 Å². The average molecular weight is 313 g/mol. The molecule has 1 aromatic rings. The van der Waals surface area contributed by atoms with E-state index in [-0.39, 0.29) is 0 Å². The van der Waals surface area contributed by atoms with Gasteiger partial charge in [0.15, 0.2) is 0 Å². The summed E-state index contributed by atoms with van der Waals surface area (Å²) in [5, 5.41) is 6.97. The Labute approximate surface area is 117 Å². The van der Waals surface area contributed by atoms with Crippen LogP contribution in [0.5, 0.6) is 5.75 Å². The lowest BCUT2D eigenvalue weighted by molar-refractivity contribution is 0.412. The maximum absolute atomic E-state index is 5.21. The Morgan fingerprint density at radius 2 is 2.17 bits per heavy atom. The molecular formula is C14H21BrN2O. The fraction of sp³-hybridized carbons (Fsp3) is 0.571. The van der Waals surface area contributed by atoms with E-state index in [4.69, 9.17) is 4.74 Å². The summed E-state index contributed by atoms with van der Waals surface area (Å²) < 4.78 is 6.22. The van der Waals surface area contributed by atoms with Crippen LogP contribution in [0.15, 0.2) is 22.7 Å². The molecule has 1 fully saturated rings. The van der Waals surface area contributed by atoms with Crippen LogP contribution in [0.25, 0.3) is 0 Å². The van der Waals surface area contributed by atoms with Gasteiger partial charge in [-0.2, -0.15) is 0 Å². The first-order valence-corrected chi connectivity index (χ1v) is 7.35. The van der Waals surface area contributed by atoms with E-state index in [0.717, 1.165) is 35.9 Å². The molecule has 0 aliphatic heterocycles. The maximum atomic E-state index is 5.21. The van der Waals surface area contributed by atoms with Crippen LogP contribution in [0.2, 0.25) is 0 Å². The highest BCUT2D eigenvalue weighted by atomic mass is 79.9. The number of ether oxygens (including phenoxy) is 1. The fourth-order valence-electron chi connectivity index (χ4n) is 1.86. The van der Waals surface area contributed by atoms with Crippen LogP contribution in [0, 0.1) is 0 Å². The molecule has 0 bridgehead atoms. The van der Waals surface area contributed by atoms with Crippen molar-refractivity contribution in [2.45, 2.75) is 31.8 Å². The third-order valence-corrected chi connectivity index (χ3v) is 3.71. The van der Waals surface area contributed by atoms with Gasteiger partial charge in [-0.1, -0.05) is 6.07 Å². The van der Waals surface area contributed by atoms with Crippen molar-refractivity contribution in [2.24, 2.45) is 0 Å². The summed E-state index contributed by atoms with van der Waals surface area (Å²) in [5.74, 6) is 0.882. The van der Waals surface area contributed by atoms with E-state index in [1.165, 1.54) is 24.8 Å². The second-order valence-corrected chi connectivity index (χ2v) is 5.58. The third kappa shape index (κ3) is 4.59. The largest absolute Gasteiger partial charge is 0.496 e. The molecule has 2 N–H and O–H groups in total. The van der Waals surface area contributed by atoms with Gasteiger partial charge in [-0.05, 0) is 66.0 Å². The minimum absolute atomic E-state index is 0.822. The number of halogens is 1. The Morgan fingerprint density at radius 3 is 2.83 bits per heavy atom. The smallest absolute Gasteiger partial charge is 0.133 e. The molecule has 0 saturated heterocycles. The summed E-state index contributed by atoms with van der Waals surface area (Å²) in [7, 11) is 1.69. The first-order valence-electron chi connectivity index (χ1n) is 6.56. The number of hydrogen-bond donors (Lipinski definition) is 2. The van der Waals surface area contributed by atoms with Crippen molar-refractivity contribution in [3.8, 4) is 5.75 Å². The van der Waals surface area contributed by atoms with Crippen molar-refractivity contribution in [1.82, 2.24) is 10.6 Å². The second-order valence-electron chi connectivity index (χ2n) is 4.73. The summed E-state index contributed by atoms with van der Waals surface area (Å²) in [6, 6.07) is 7.02. The molecule has 1 aromatic carbocycles. The third-order valence-electron chi connectivity index (χ3n) is 3.09. The topological polar surface area (TPSA) is 33.3 Å². The molecule has 2 rings (SSSR count). The second kappa shape index (κ2) is 7.12. The molecule has 0 unspecified atom stereocenters. The molecule has 4 heteroatoms. The van der Waals surface area contributed by atoms with E-state index in [9.17, 15) is 0 Å². The molecular weight excluding hydrogens is 292 g/mol. The van der Waals surface area contributed by atoms with Gasteiger partial charge in [-0.3, -0.25) is 0 Å². The minimum atomic E-state index is 0.822. The zero-order chi connectivity index (χ0) is 12.8. The monoisotopic (exact) mass is 312 g/mol. The van der Waals surface area contributed by atoms with Gasteiger partial charge in [0, 0.05) is 12.6 Å². The summed E-state index contributed by atoms with van der Waals surface area (Å²) in [4.78, 5) is 0. The normalized spacial score (nSPS) is 14.8. The Balaban J connectivity index is 1.61. The van der Waals surface area contributed by atoms with Gasteiger partial charge in [-0.15, -0.1) is 0 Å². The van der Waals surface area contributed by atoms with Crippen molar-refractivity contribution in [1.29, 1.82) is 0 Å². The summed E-state index contributed by atoms with van der Waals surface area (Å²) in [6.45, 7) is 3.10. The highest BCUT2D eigenvalue weighted by Gasteiger charge is 2.19. The Hall–Kier alpha value is -0.580. The first-order chi connectivity index (χ1) is 8.79. The number of methoxy groups -OCH3 is 1. The number of rotatable bonds is 8. The van der Waals surface area contributed by atoms with Gasteiger partial charge < -0.3 is 15.4 Å². The summed E-state index contributed by atoms with van der Waals surface area (Å²) in [6.07, 6.45) is 3.93. The summed E-state index contributed by atoms with van der Waals surface area (Å²) >= 11 is 3.50. The van der Waals surface area contributed by atoms with Gasteiger partial charge in [0.25, 0.3) is 0 Å². The lowest BCUT2D eigenvalue weighted by Crippen LogP contribution is -2.23. The Bertz CT molecular complexity index is 380. The van der Waals surface area contributed by atoms with Gasteiger partial charge in [0.1, 0.15) is 5.75 Å². The SMILES string of the molecule is COc1ccc(CNCCCNC2CC2)cc1Br. The van der Waals surface area contributed by atoms with Crippen molar-refractivity contribution in [3.05, 3.63) is 28.2 Å². The van der Waals surface area contributed by atoms with Crippen LogP contribution >= 0.6 is 15.9 Å². The molecule has 0 aromatic heterocycles. The molecule has 100 valence electrons. The predicted molar refractivity (Wildman–Crippen MR) is 78.0 cm³/mol. The molecule has 3 nitrogen and oxygen atoms in total. The molecule has 0 amide bonds. The highest BCUT2D eigenvalue weighted by molar-refractivity contribution is 9.10. The molecule has 0 radical (unpaired) electrons. The Morgan fingerprint density at radius 1 is 1.33 bits per heavy atom. The molecule has 0 atom stereocenters. The van der Waals surface area contributed by atoms with Crippen LogP contribution in [0.3, 0.4) is 0 Å². The van der Waals surface area contributed by atoms with Crippen LogP contribution < -0.4 is 15.4 Å². The fourth-order valence-corrected chi connectivity index (χ4v) is 2.45. The van der Waals surface area contributed by atoms with Crippen molar-refractivity contribution >= 4 is 15.9 Å². The van der Waals surface area contributed by atoms with Gasteiger partial charge >= 0.3 is 0 Å². The van der Waals surface area contributed by atoms with E-state index < -0.39 is 0 Å². The predicted octanol–water partition coefficient (Wildman–Crippen LogP) is 2.69. The zero-order valence-electron chi connectivity index (χ0n) is 10.8. The van der Waals surface area contributed by atoms with Gasteiger partial charge in [0.05, 0.1) is 11.6 Å². The van der Waals surface area contributed by atoms with E-state index in [0.29, 0.717) is 0 Å². The van der Waals surface area contributed by atoms with E-state index in [2.05, 4.69) is 38.7 Å². The van der Waals surface area contributed by atoms with Crippen LogP contribution in [-0.2, 0) is 6.54 Å². The lowest BCUT2D eigenvalue weighted by Gasteiger charge is -2.08.